The van der Waals surface area contributed by atoms with Gasteiger partial charge in [0.05, 0.1) is 0 Å². The van der Waals surface area contributed by atoms with E-state index in [1.54, 1.807) is 26.2 Å². The summed E-state index contributed by atoms with van der Waals surface area (Å²) in [6.45, 7) is 2.20. The smallest absolute Gasteiger partial charge is 0.273 e. The summed E-state index contributed by atoms with van der Waals surface area (Å²) >= 11 is 0. The van der Waals surface area contributed by atoms with Crippen LogP contribution in [0.2, 0.25) is 0 Å². The number of nitrogens with one attached hydrogen (secondary N) is 1. The number of hydrogen-bond acceptors (Lipinski definition) is 5. The highest BCUT2D eigenvalue weighted by molar-refractivity contribution is 5.91. The SMILES string of the molecule is CC(CCCO)Nc1ccc(C(=O)N(C)C)nn1. The topological polar surface area (TPSA) is 78.4 Å². The molecule has 1 heterocycles. The molecule has 0 aromatic carbocycles. The fourth-order valence-corrected chi connectivity index (χ4v) is 1.47. The zero-order chi connectivity index (χ0) is 13.5. The van der Waals surface area contributed by atoms with Crippen LogP contribution < -0.4 is 5.32 Å². The molecule has 1 aromatic heterocycles. The van der Waals surface area contributed by atoms with E-state index in [1.165, 1.54) is 4.90 Å². The van der Waals surface area contributed by atoms with E-state index in [0.717, 1.165) is 12.8 Å². The summed E-state index contributed by atoms with van der Waals surface area (Å²) in [6, 6.07) is 3.59. The Morgan fingerprint density at radius 3 is 2.67 bits per heavy atom. The summed E-state index contributed by atoms with van der Waals surface area (Å²) in [7, 11) is 3.35. The van der Waals surface area contributed by atoms with Crippen molar-refractivity contribution in [1.82, 2.24) is 15.1 Å². The Balaban J connectivity index is 2.57. The molecule has 0 fully saturated rings. The van der Waals surface area contributed by atoms with Crippen LogP contribution in [0, 0.1) is 0 Å². The number of aromatic nitrogens is 2. The van der Waals surface area contributed by atoms with E-state index in [2.05, 4.69) is 15.5 Å². The highest BCUT2D eigenvalue weighted by Crippen LogP contribution is 2.07. The number of nitrogens with zero attached hydrogens (tertiary/aromatic N) is 3. The van der Waals surface area contributed by atoms with Crippen LogP contribution in [0.15, 0.2) is 12.1 Å². The molecule has 2 N–H and O–H groups in total. The van der Waals surface area contributed by atoms with Crippen LogP contribution in [0.5, 0.6) is 0 Å². The average molecular weight is 252 g/mol. The van der Waals surface area contributed by atoms with E-state index in [9.17, 15) is 4.79 Å². The standard InChI is InChI=1S/C12H20N4O2/c1-9(5-4-8-17)13-11-7-6-10(14-15-11)12(18)16(2)3/h6-7,9,17H,4-5,8H2,1-3H3,(H,13,15). The lowest BCUT2D eigenvalue weighted by molar-refractivity contribution is 0.0821. The number of amides is 1. The molecule has 6 heteroatoms. The third-order valence-electron chi connectivity index (χ3n) is 2.48. The first-order valence-corrected chi connectivity index (χ1v) is 5.97. The van der Waals surface area contributed by atoms with E-state index >= 15 is 0 Å². The van der Waals surface area contributed by atoms with Gasteiger partial charge in [-0.25, -0.2) is 0 Å². The molecule has 6 nitrogen and oxygen atoms in total. The number of aliphatic hydroxyl groups is 1. The van der Waals surface area contributed by atoms with Crippen LogP contribution in [0.3, 0.4) is 0 Å². The second kappa shape index (κ2) is 6.90. The quantitative estimate of drug-likeness (QED) is 0.781. The van der Waals surface area contributed by atoms with Crippen LogP contribution in [-0.4, -0.2) is 52.9 Å². The molecule has 0 aliphatic carbocycles. The van der Waals surface area contributed by atoms with Gasteiger partial charge in [-0.3, -0.25) is 4.79 Å². The number of rotatable bonds is 6. The molecule has 1 atom stereocenters. The van der Waals surface area contributed by atoms with Crippen LogP contribution in [0.4, 0.5) is 5.82 Å². The first kappa shape index (κ1) is 14.4. The molecule has 18 heavy (non-hydrogen) atoms. The summed E-state index contributed by atoms with van der Waals surface area (Å²) in [5, 5.41) is 19.7. The van der Waals surface area contributed by atoms with Crippen molar-refractivity contribution < 1.29 is 9.90 Å². The monoisotopic (exact) mass is 252 g/mol. The molecule has 0 saturated heterocycles. The third-order valence-corrected chi connectivity index (χ3v) is 2.48. The van der Waals surface area contributed by atoms with Gasteiger partial charge in [-0.1, -0.05) is 0 Å². The zero-order valence-electron chi connectivity index (χ0n) is 11.1. The lowest BCUT2D eigenvalue weighted by Crippen LogP contribution is -2.23. The van der Waals surface area contributed by atoms with Gasteiger partial charge in [0, 0.05) is 26.7 Å². The second-order valence-corrected chi connectivity index (χ2v) is 4.41. The predicted molar refractivity (Wildman–Crippen MR) is 69.5 cm³/mol. The fraction of sp³-hybridized carbons (Fsp3) is 0.583. The number of aliphatic hydroxyl groups excluding tert-OH is 1. The van der Waals surface area contributed by atoms with E-state index < -0.39 is 0 Å². The van der Waals surface area contributed by atoms with Crippen molar-refractivity contribution in [1.29, 1.82) is 0 Å². The Morgan fingerprint density at radius 1 is 1.44 bits per heavy atom. The number of carbonyl (C=O) groups excluding carboxylic acids is 1. The van der Waals surface area contributed by atoms with Gasteiger partial charge < -0.3 is 15.3 Å². The molecule has 0 spiro atoms. The third kappa shape index (κ3) is 4.29. The maximum Gasteiger partial charge on any atom is 0.273 e. The lowest BCUT2D eigenvalue weighted by Gasteiger charge is -2.13. The molecule has 0 bridgehead atoms. The van der Waals surface area contributed by atoms with Crippen molar-refractivity contribution in [3.63, 3.8) is 0 Å². The van der Waals surface area contributed by atoms with Crippen molar-refractivity contribution >= 4 is 11.7 Å². The second-order valence-electron chi connectivity index (χ2n) is 4.41. The summed E-state index contributed by atoms with van der Waals surface area (Å²) in [5.74, 6) is 0.470. The fourth-order valence-electron chi connectivity index (χ4n) is 1.47. The summed E-state index contributed by atoms with van der Waals surface area (Å²) < 4.78 is 0. The van der Waals surface area contributed by atoms with Gasteiger partial charge in [0.15, 0.2) is 5.69 Å². The van der Waals surface area contributed by atoms with Gasteiger partial charge in [0.2, 0.25) is 0 Å². The molecular weight excluding hydrogens is 232 g/mol. The highest BCUT2D eigenvalue weighted by Gasteiger charge is 2.10. The van der Waals surface area contributed by atoms with Gasteiger partial charge in [-0.2, -0.15) is 0 Å². The normalized spacial score (nSPS) is 12.0. The molecular formula is C12H20N4O2. The minimum absolute atomic E-state index is 0.164. The lowest BCUT2D eigenvalue weighted by atomic mass is 10.2. The Hall–Kier alpha value is -1.69. The first-order valence-electron chi connectivity index (χ1n) is 5.97. The van der Waals surface area contributed by atoms with E-state index in [4.69, 9.17) is 5.11 Å². The van der Waals surface area contributed by atoms with Gasteiger partial charge >= 0.3 is 0 Å². The van der Waals surface area contributed by atoms with Gasteiger partial charge in [0.1, 0.15) is 5.82 Å². The van der Waals surface area contributed by atoms with Crippen LogP contribution in [0.1, 0.15) is 30.3 Å². The van der Waals surface area contributed by atoms with E-state index in [0.29, 0.717) is 11.5 Å². The van der Waals surface area contributed by atoms with Crippen LogP contribution >= 0.6 is 0 Å². The number of carbonyl (C=O) groups is 1. The van der Waals surface area contributed by atoms with Crippen molar-refractivity contribution in [2.24, 2.45) is 0 Å². The van der Waals surface area contributed by atoms with Crippen molar-refractivity contribution in [3.8, 4) is 0 Å². The van der Waals surface area contributed by atoms with E-state index in [-0.39, 0.29) is 18.6 Å². The molecule has 1 rings (SSSR count). The molecule has 0 aliphatic heterocycles. The maximum atomic E-state index is 11.6. The van der Waals surface area contributed by atoms with Crippen molar-refractivity contribution in [3.05, 3.63) is 17.8 Å². The van der Waals surface area contributed by atoms with Crippen LogP contribution in [-0.2, 0) is 0 Å². The number of hydrogen-bond donors (Lipinski definition) is 2. The first-order chi connectivity index (χ1) is 8.54. The van der Waals surface area contributed by atoms with Crippen molar-refractivity contribution in [2.45, 2.75) is 25.8 Å². The minimum Gasteiger partial charge on any atom is -0.396 e. The molecule has 0 saturated carbocycles. The molecule has 1 aromatic rings. The zero-order valence-corrected chi connectivity index (χ0v) is 11.1. The van der Waals surface area contributed by atoms with Gasteiger partial charge in [0.25, 0.3) is 5.91 Å². The Kier molecular flexibility index (Phi) is 5.51. The maximum absolute atomic E-state index is 11.6. The summed E-state index contributed by atoms with van der Waals surface area (Å²) in [4.78, 5) is 13.1. The predicted octanol–water partition coefficient (Wildman–Crippen LogP) is 0.751. The molecule has 1 unspecified atom stereocenters. The largest absolute Gasteiger partial charge is 0.396 e. The van der Waals surface area contributed by atoms with E-state index in [1.807, 2.05) is 6.92 Å². The Labute approximate surface area is 107 Å². The Bertz CT molecular complexity index is 378. The number of anilines is 1. The van der Waals surface area contributed by atoms with Gasteiger partial charge in [-0.15, -0.1) is 10.2 Å². The Morgan fingerprint density at radius 2 is 2.17 bits per heavy atom. The highest BCUT2D eigenvalue weighted by atomic mass is 16.2. The molecule has 1 amide bonds. The van der Waals surface area contributed by atoms with Crippen molar-refractivity contribution in [2.75, 3.05) is 26.0 Å². The molecule has 0 radical (unpaired) electrons. The summed E-state index contributed by atoms with van der Waals surface area (Å²) in [5.41, 5.74) is 0.327. The molecule has 0 aliphatic rings. The average Bonchev–Trinajstić information content (AvgIpc) is 2.36. The van der Waals surface area contributed by atoms with Crippen LogP contribution in [0.25, 0.3) is 0 Å². The summed E-state index contributed by atoms with van der Waals surface area (Å²) in [6.07, 6.45) is 1.61. The minimum atomic E-state index is -0.164. The molecule has 100 valence electrons. The van der Waals surface area contributed by atoms with Gasteiger partial charge in [-0.05, 0) is 31.9 Å².